The van der Waals surface area contributed by atoms with E-state index in [1.807, 2.05) is 18.5 Å². The van der Waals surface area contributed by atoms with Crippen LogP contribution in [0.3, 0.4) is 0 Å². The van der Waals surface area contributed by atoms with Crippen LogP contribution in [-0.2, 0) is 16.2 Å². The van der Waals surface area contributed by atoms with Crippen molar-refractivity contribution in [2.75, 3.05) is 33.3 Å². The second-order valence-electron chi connectivity index (χ2n) is 5.09. The number of carbonyl (C=O) groups is 1. The molecule has 0 unspecified atom stereocenters. The summed E-state index contributed by atoms with van der Waals surface area (Å²) < 4.78 is 1.99. The lowest BCUT2D eigenvalue weighted by atomic mass is 10.3. The summed E-state index contributed by atoms with van der Waals surface area (Å²) >= 11 is 0. The van der Waals surface area contributed by atoms with Gasteiger partial charge in [-0.25, -0.2) is 5.48 Å². The van der Waals surface area contributed by atoms with Crippen LogP contribution in [0.4, 0.5) is 0 Å². The first-order valence-corrected chi connectivity index (χ1v) is 7.24. The summed E-state index contributed by atoms with van der Waals surface area (Å²) in [6.07, 6.45) is 0.855. The van der Waals surface area contributed by atoms with Gasteiger partial charge in [-0.05, 0) is 32.9 Å². The first-order valence-electron chi connectivity index (χ1n) is 7.24. The van der Waals surface area contributed by atoms with Crippen molar-refractivity contribution in [3.05, 3.63) is 17.5 Å². The first-order chi connectivity index (χ1) is 10.0. The van der Waals surface area contributed by atoms with Crippen molar-refractivity contribution in [1.82, 2.24) is 20.2 Å². The smallest absolute Gasteiger partial charge is 0.303 e. The Morgan fingerprint density at radius 3 is 2.76 bits per heavy atom. The number of carboxylic acids is 1. The van der Waals surface area contributed by atoms with Crippen LogP contribution in [0.25, 0.3) is 0 Å². The molecule has 0 aliphatic heterocycles. The number of aryl methyl sites for hydroxylation is 2. The third kappa shape index (κ3) is 7.22. The number of hydroxylamine groups is 1. The molecule has 0 bridgehead atoms. The molecule has 0 fully saturated rings. The fourth-order valence-corrected chi connectivity index (χ4v) is 2.23. The number of hydrogen-bond acceptors (Lipinski definition) is 5. The van der Waals surface area contributed by atoms with Crippen LogP contribution in [0.2, 0.25) is 0 Å². The average molecular weight is 298 g/mol. The minimum Gasteiger partial charge on any atom is -0.481 e. The Labute approximate surface area is 125 Å². The van der Waals surface area contributed by atoms with Gasteiger partial charge in [-0.3, -0.25) is 9.48 Å². The quantitative estimate of drug-likeness (QED) is 0.465. The maximum absolute atomic E-state index is 10.6. The molecule has 0 atom stereocenters. The highest BCUT2D eigenvalue weighted by atomic mass is 16.6. The van der Waals surface area contributed by atoms with Crippen molar-refractivity contribution >= 4 is 5.97 Å². The standard InChI is InChI=1S/C14H26N4O3/c1-12-11-13(2)18(16-12)10-9-17(8-6-15-21-3)7-4-5-14(19)20/h11,15H,4-10H2,1-3H3,(H,19,20). The normalized spacial score (nSPS) is 11.2. The molecular weight excluding hydrogens is 272 g/mol. The van der Waals surface area contributed by atoms with Gasteiger partial charge in [-0.2, -0.15) is 5.10 Å². The molecule has 1 rings (SSSR count). The minimum absolute atomic E-state index is 0.202. The maximum atomic E-state index is 10.6. The summed E-state index contributed by atoms with van der Waals surface area (Å²) in [7, 11) is 1.59. The van der Waals surface area contributed by atoms with Crippen LogP contribution in [0.5, 0.6) is 0 Å². The van der Waals surface area contributed by atoms with Crippen molar-refractivity contribution in [2.45, 2.75) is 33.2 Å². The van der Waals surface area contributed by atoms with Crippen molar-refractivity contribution in [3.8, 4) is 0 Å². The molecule has 0 saturated heterocycles. The Bertz CT molecular complexity index is 434. The van der Waals surface area contributed by atoms with Gasteiger partial charge in [-0.1, -0.05) is 0 Å². The van der Waals surface area contributed by atoms with Crippen LogP contribution >= 0.6 is 0 Å². The Morgan fingerprint density at radius 2 is 2.19 bits per heavy atom. The predicted octanol–water partition coefficient (Wildman–Crippen LogP) is 0.818. The lowest BCUT2D eigenvalue weighted by Crippen LogP contribution is -2.35. The fourth-order valence-electron chi connectivity index (χ4n) is 2.23. The van der Waals surface area contributed by atoms with E-state index in [1.165, 1.54) is 0 Å². The van der Waals surface area contributed by atoms with Crippen LogP contribution < -0.4 is 5.48 Å². The number of aromatic nitrogens is 2. The number of aliphatic carboxylic acids is 1. The number of nitrogens with one attached hydrogen (secondary N) is 1. The third-order valence-corrected chi connectivity index (χ3v) is 3.27. The zero-order valence-electron chi connectivity index (χ0n) is 13.1. The summed E-state index contributed by atoms with van der Waals surface area (Å²) in [5.74, 6) is -0.747. The molecule has 7 nitrogen and oxygen atoms in total. The van der Waals surface area contributed by atoms with Crippen molar-refractivity contribution in [2.24, 2.45) is 0 Å². The Balaban J connectivity index is 2.42. The highest BCUT2D eigenvalue weighted by molar-refractivity contribution is 5.66. The van der Waals surface area contributed by atoms with Gasteiger partial charge in [-0.15, -0.1) is 0 Å². The summed E-state index contributed by atoms with van der Waals surface area (Å²) in [5, 5.41) is 13.2. The molecule has 0 spiro atoms. The van der Waals surface area contributed by atoms with Crippen molar-refractivity contribution < 1.29 is 14.7 Å². The Kier molecular flexibility index (Phi) is 7.96. The van der Waals surface area contributed by atoms with Gasteiger partial charge in [0, 0.05) is 31.7 Å². The SMILES string of the molecule is CONCCN(CCCC(=O)O)CCn1nc(C)cc1C. The molecule has 0 saturated carbocycles. The zero-order valence-corrected chi connectivity index (χ0v) is 13.1. The van der Waals surface area contributed by atoms with Crippen LogP contribution in [-0.4, -0.2) is 59.0 Å². The molecule has 120 valence electrons. The summed E-state index contributed by atoms with van der Waals surface area (Å²) in [5.41, 5.74) is 4.98. The topological polar surface area (TPSA) is 79.6 Å². The van der Waals surface area contributed by atoms with E-state index in [0.717, 1.165) is 37.6 Å². The van der Waals surface area contributed by atoms with E-state index in [9.17, 15) is 4.79 Å². The molecule has 0 radical (unpaired) electrons. The molecule has 1 aromatic heterocycles. The molecular formula is C14H26N4O3. The van der Waals surface area contributed by atoms with E-state index in [1.54, 1.807) is 7.11 Å². The molecule has 1 heterocycles. The first kappa shape index (κ1) is 17.6. The monoisotopic (exact) mass is 298 g/mol. The molecule has 0 aromatic carbocycles. The van der Waals surface area contributed by atoms with E-state index in [-0.39, 0.29) is 6.42 Å². The largest absolute Gasteiger partial charge is 0.481 e. The van der Waals surface area contributed by atoms with Gasteiger partial charge in [0.25, 0.3) is 0 Å². The number of rotatable bonds is 11. The van der Waals surface area contributed by atoms with Crippen LogP contribution in [0.15, 0.2) is 6.07 Å². The van der Waals surface area contributed by atoms with Crippen molar-refractivity contribution in [1.29, 1.82) is 0 Å². The predicted molar refractivity (Wildman–Crippen MR) is 80.0 cm³/mol. The van der Waals surface area contributed by atoms with Gasteiger partial charge in [0.2, 0.25) is 0 Å². The molecule has 0 aliphatic rings. The van der Waals surface area contributed by atoms with Gasteiger partial charge >= 0.3 is 5.97 Å². The van der Waals surface area contributed by atoms with E-state index < -0.39 is 5.97 Å². The highest BCUT2D eigenvalue weighted by Crippen LogP contribution is 2.03. The molecule has 0 amide bonds. The minimum atomic E-state index is -0.747. The Hall–Kier alpha value is -1.44. The number of nitrogens with zero attached hydrogens (tertiary/aromatic N) is 3. The summed E-state index contributed by atoms with van der Waals surface area (Å²) in [6.45, 7) is 7.95. The number of hydrogen-bond donors (Lipinski definition) is 2. The highest BCUT2D eigenvalue weighted by Gasteiger charge is 2.08. The Morgan fingerprint density at radius 1 is 1.43 bits per heavy atom. The van der Waals surface area contributed by atoms with Gasteiger partial charge < -0.3 is 14.8 Å². The van der Waals surface area contributed by atoms with E-state index in [4.69, 9.17) is 9.94 Å². The van der Waals surface area contributed by atoms with Crippen LogP contribution in [0, 0.1) is 13.8 Å². The summed E-state index contributed by atoms with van der Waals surface area (Å²) in [4.78, 5) is 17.7. The number of carboxylic acid groups (broad SMARTS) is 1. The lowest BCUT2D eigenvalue weighted by Gasteiger charge is -2.22. The zero-order chi connectivity index (χ0) is 15.7. The fraction of sp³-hybridized carbons (Fsp3) is 0.714. The van der Waals surface area contributed by atoms with Gasteiger partial charge in [0.1, 0.15) is 0 Å². The van der Waals surface area contributed by atoms with Crippen molar-refractivity contribution in [3.63, 3.8) is 0 Å². The molecule has 1 aromatic rings. The van der Waals surface area contributed by atoms with Gasteiger partial charge in [0.05, 0.1) is 19.3 Å². The molecule has 21 heavy (non-hydrogen) atoms. The molecule has 2 N–H and O–H groups in total. The lowest BCUT2D eigenvalue weighted by molar-refractivity contribution is -0.137. The average Bonchev–Trinajstić information content (AvgIpc) is 2.73. The molecule has 0 aliphatic carbocycles. The van der Waals surface area contributed by atoms with E-state index in [0.29, 0.717) is 13.0 Å². The van der Waals surface area contributed by atoms with E-state index >= 15 is 0 Å². The summed E-state index contributed by atoms with van der Waals surface area (Å²) in [6, 6.07) is 2.06. The van der Waals surface area contributed by atoms with E-state index in [2.05, 4.69) is 21.5 Å². The van der Waals surface area contributed by atoms with Gasteiger partial charge in [0.15, 0.2) is 0 Å². The second-order valence-corrected chi connectivity index (χ2v) is 5.09. The second kappa shape index (κ2) is 9.49. The maximum Gasteiger partial charge on any atom is 0.303 e. The third-order valence-electron chi connectivity index (χ3n) is 3.27. The van der Waals surface area contributed by atoms with Crippen LogP contribution in [0.1, 0.15) is 24.2 Å². The molecule has 7 heteroatoms.